The van der Waals surface area contributed by atoms with Crippen molar-refractivity contribution in [3.05, 3.63) is 40.6 Å². The molecule has 23 heavy (non-hydrogen) atoms. The summed E-state index contributed by atoms with van der Waals surface area (Å²) in [4.78, 5) is 5.80. The van der Waals surface area contributed by atoms with Crippen LogP contribution in [0.15, 0.2) is 24.3 Å². The van der Waals surface area contributed by atoms with Crippen LogP contribution in [0.4, 0.5) is 14.5 Å². The van der Waals surface area contributed by atoms with Gasteiger partial charge in [-0.05, 0) is 37.1 Å². The van der Waals surface area contributed by atoms with Gasteiger partial charge in [-0.2, -0.15) is 0 Å². The van der Waals surface area contributed by atoms with Crippen molar-refractivity contribution in [3.63, 3.8) is 0 Å². The van der Waals surface area contributed by atoms with Gasteiger partial charge in [0.05, 0.1) is 6.04 Å². The van der Waals surface area contributed by atoms with E-state index in [1.54, 1.807) is 12.1 Å². The molecule has 2 atom stereocenters. The Morgan fingerprint density at radius 3 is 2.74 bits per heavy atom. The first-order valence-electron chi connectivity index (χ1n) is 7.36. The second-order valence-corrected chi connectivity index (χ2v) is 6.35. The van der Waals surface area contributed by atoms with Gasteiger partial charge in [-0.25, -0.2) is 8.78 Å². The van der Waals surface area contributed by atoms with E-state index >= 15 is 0 Å². The maximum absolute atomic E-state index is 14.2. The quantitative estimate of drug-likeness (QED) is 0.761. The predicted molar refractivity (Wildman–Crippen MR) is 82.6 cm³/mol. The van der Waals surface area contributed by atoms with Crippen LogP contribution in [0.2, 0.25) is 0 Å². The average Bonchev–Trinajstić information content (AvgIpc) is 3.07. The molecule has 2 unspecified atom stereocenters. The molecule has 0 saturated carbocycles. The second-order valence-electron chi connectivity index (χ2n) is 5.47. The minimum absolute atomic E-state index is 0. The number of aryl methyl sites for hydroxylation is 1. The fourth-order valence-electron chi connectivity index (χ4n) is 2.94. The fraction of sp³-hybridized carbons (Fsp3) is 0.438. The molecule has 1 aliphatic heterocycles. The summed E-state index contributed by atoms with van der Waals surface area (Å²) in [5, 5.41) is 12.5. The van der Waals surface area contributed by atoms with E-state index < -0.39 is 12.1 Å². The minimum Gasteiger partial charge on any atom is -0.508 e. The van der Waals surface area contributed by atoms with E-state index in [4.69, 9.17) is 0 Å². The Morgan fingerprint density at radius 1 is 1.35 bits per heavy atom. The molecule has 1 aromatic heterocycles. The molecule has 2 aromatic rings. The zero-order valence-corrected chi connectivity index (χ0v) is 16.2. The van der Waals surface area contributed by atoms with Crippen molar-refractivity contribution in [2.75, 3.05) is 11.4 Å². The van der Waals surface area contributed by atoms with Crippen LogP contribution in [-0.4, -0.2) is 28.8 Å². The van der Waals surface area contributed by atoms with Crippen molar-refractivity contribution in [1.29, 1.82) is 0 Å². The molecule has 121 valence electrons. The molecule has 7 heteroatoms. The third kappa shape index (κ3) is 4.71. The topological polar surface area (TPSA) is 36.4 Å². The third-order valence-electron chi connectivity index (χ3n) is 4.01. The third-order valence-corrected chi connectivity index (χ3v) is 4.81. The van der Waals surface area contributed by atoms with Crippen molar-refractivity contribution < 1.29 is 46.6 Å². The Bertz CT molecular complexity index is 623. The molecule has 1 aromatic carbocycles. The van der Waals surface area contributed by atoms with Crippen molar-refractivity contribution in [2.24, 2.45) is 0 Å². The van der Waals surface area contributed by atoms with Gasteiger partial charge in [-0.15, -0.1) is 5.38 Å². The van der Waals surface area contributed by atoms with Gasteiger partial charge in [0.1, 0.15) is 17.9 Å². The zero-order chi connectivity index (χ0) is 15.5. The summed E-state index contributed by atoms with van der Waals surface area (Å²) >= 11 is 1.19. The van der Waals surface area contributed by atoms with E-state index in [1.165, 1.54) is 11.3 Å². The molecule has 1 radical (unpaired) electrons. The average molecular weight is 412 g/mol. The van der Waals surface area contributed by atoms with Gasteiger partial charge >= 0.3 is 0 Å². The molecule has 2 heterocycles. The molecule has 1 aliphatic rings. The number of benzene rings is 1. The Kier molecular flexibility index (Phi) is 6.92. The number of aromatic nitrogens is 1. The Balaban J connectivity index is 0.00000192. The summed E-state index contributed by atoms with van der Waals surface area (Å²) in [5.74, 6) is -0.353. The van der Waals surface area contributed by atoms with Crippen molar-refractivity contribution in [2.45, 2.75) is 37.9 Å². The molecule has 0 aliphatic carbocycles. The molecule has 1 saturated heterocycles. The molecule has 0 amide bonds. The molecular formula is C16H17F2N2OSY-. The number of anilines is 1. The minimum atomic E-state index is -0.853. The summed E-state index contributed by atoms with van der Waals surface area (Å²) in [7, 11) is 0. The summed E-state index contributed by atoms with van der Waals surface area (Å²) in [6.45, 7) is 0.677. The monoisotopic (exact) mass is 412 g/mol. The van der Waals surface area contributed by atoms with Gasteiger partial charge in [-0.3, -0.25) is 0 Å². The number of phenolic OH excluding ortho intramolecular Hbond substituents is 1. The number of nitrogens with zero attached hydrogens (tertiary/aromatic N) is 2. The molecule has 0 bridgehead atoms. The maximum Gasteiger partial charge on any atom is 0.122 e. The van der Waals surface area contributed by atoms with Crippen LogP contribution < -0.4 is 4.90 Å². The number of hydrogen-bond acceptors (Lipinski definition) is 4. The summed E-state index contributed by atoms with van der Waals surface area (Å²) in [5.41, 5.74) is 0.927. The van der Waals surface area contributed by atoms with Gasteiger partial charge in [0.2, 0.25) is 0 Å². The van der Waals surface area contributed by atoms with Gasteiger partial charge in [0.25, 0.3) is 0 Å². The summed E-state index contributed by atoms with van der Waals surface area (Å²) < 4.78 is 27.0. The van der Waals surface area contributed by atoms with Crippen LogP contribution in [0.5, 0.6) is 5.75 Å². The van der Waals surface area contributed by atoms with Crippen LogP contribution in [-0.2, 0) is 39.1 Å². The summed E-state index contributed by atoms with van der Waals surface area (Å²) in [6, 6.07) is 6.69. The van der Waals surface area contributed by atoms with Gasteiger partial charge in [-0.1, -0.05) is 17.8 Å². The van der Waals surface area contributed by atoms with Crippen LogP contribution in [0.25, 0.3) is 0 Å². The van der Waals surface area contributed by atoms with Crippen LogP contribution in [0.3, 0.4) is 0 Å². The largest absolute Gasteiger partial charge is 0.508 e. The molecule has 3 rings (SSSR count). The number of rotatable bonds is 5. The van der Waals surface area contributed by atoms with E-state index in [0.717, 1.165) is 12.1 Å². The van der Waals surface area contributed by atoms with Crippen LogP contribution in [0, 0.1) is 11.3 Å². The van der Waals surface area contributed by atoms with E-state index in [-0.39, 0.29) is 44.5 Å². The van der Waals surface area contributed by atoms with Gasteiger partial charge in [0.15, 0.2) is 0 Å². The number of alkyl halides is 1. The molecule has 1 N–H and O–H groups in total. The molecule has 0 spiro atoms. The van der Waals surface area contributed by atoms with E-state index in [9.17, 15) is 13.9 Å². The van der Waals surface area contributed by atoms with E-state index in [2.05, 4.69) is 15.3 Å². The second kappa shape index (κ2) is 8.49. The Hall–Kier alpha value is -0.586. The zero-order valence-electron chi connectivity index (χ0n) is 12.6. The smallest absolute Gasteiger partial charge is 0.122 e. The first-order chi connectivity index (χ1) is 10.6. The van der Waals surface area contributed by atoms with Crippen LogP contribution >= 0.6 is 11.3 Å². The number of halogens is 2. The standard InChI is InChI=1S/C16H17F2N2OS.Y/c17-13-8-9-20(11-4-6-12(21)7-5-11)14(13)2-1-3-16-19-15(18)10-22-16;/h4-7,13-14,21H,1-3,8-9H2;/q-1;. The first kappa shape index (κ1) is 18.7. The molecule has 1 fully saturated rings. The number of hydrogen-bond donors (Lipinski definition) is 1. The Morgan fingerprint density at radius 2 is 2.09 bits per heavy atom. The van der Waals surface area contributed by atoms with Gasteiger partial charge < -0.3 is 26.3 Å². The fourth-order valence-corrected chi connectivity index (χ4v) is 3.56. The van der Waals surface area contributed by atoms with Crippen molar-refractivity contribution in [1.82, 2.24) is 4.98 Å². The van der Waals surface area contributed by atoms with Gasteiger partial charge in [0, 0.05) is 44.9 Å². The summed E-state index contributed by atoms with van der Waals surface area (Å²) in [6.07, 6.45) is 1.78. The van der Waals surface area contributed by atoms with Crippen molar-refractivity contribution >= 4 is 17.0 Å². The number of phenols is 1. The molecule has 3 nitrogen and oxygen atoms in total. The number of aromatic hydroxyl groups is 1. The van der Waals surface area contributed by atoms with Crippen molar-refractivity contribution in [3.8, 4) is 5.75 Å². The number of thiazole rings is 1. The van der Waals surface area contributed by atoms with E-state index in [1.807, 2.05) is 12.1 Å². The normalized spacial score (nSPS) is 20.5. The van der Waals surface area contributed by atoms with Crippen LogP contribution in [0.1, 0.15) is 24.3 Å². The Labute approximate surface area is 163 Å². The maximum atomic E-state index is 14.2. The predicted octanol–water partition coefficient (Wildman–Crippen LogP) is 3.73. The first-order valence-corrected chi connectivity index (χ1v) is 8.18. The van der Waals surface area contributed by atoms with E-state index in [0.29, 0.717) is 30.8 Å². The molecular weight excluding hydrogens is 395 g/mol. The SMILES string of the molecule is Oc1ccc(N2CCC(F)C2CCCc2nc(F)[c-]s2)cc1.[Y].